The van der Waals surface area contributed by atoms with Crippen LogP contribution in [0, 0.1) is 0 Å². The maximum Gasteiger partial charge on any atom is 0.258 e. The van der Waals surface area contributed by atoms with Gasteiger partial charge in [0.25, 0.3) is 10.9 Å². The smallest absolute Gasteiger partial charge is 0.258 e. The number of benzene rings is 2. The number of nitrogens with zero attached hydrogens (tertiary/aromatic N) is 5. The fourth-order valence-electron chi connectivity index (χ4n) is 2.53. The first-order valence-electron chi connectivity index (χ1n) is 7.12. The zero-order chi connectivity index (χ0) is 17.8. The predicted molar refractivity (Wildman–Crippen MR) is 96.7 cm³/mol. The molecule has 2 aromatic heterocycles. The Kier molecular flexibility index (Phi) is 3.48. The molecule has 0 spiro atoms. The van der Waals surface area contributed by atoms with Crippen molar-refractivity contribution in [2.24, 2.45) is 0 Å². The van der Waals surface area contributed by atoms with Crippen LogP contribution in [0.3, 0.4) is 0 Å². The molecule has 0 amide bonds. The van der Waals surface area contributed by atoms with E-state index in [1.807, 2.05) is 36.4 Å². The molecule has 2 N–H and O–H groups in total. The summed E-state index contributed by atoms with van der Waals surface area (Å²) in [5.41, 5.74) is 6.60. The van der Waals surface area contributed by atoms with Crippen molar-refractivity contribution in [3.05, 3.63) is 40.9 Å². The Labute approximate surface area is 150 Å². The molecule has 0 aliphatic rings. The van der Waals surface area contributed by atoms with Gasteiger partial charge in [0.05, 0.1) is 0 Å². The molecular formula is C15H11BrN6O2S. The molecule has 0 saturated carbocycles. The van der Waals surface area contributed by atoms with Crippen molar-refractivity contribution in [1.29, 1.82) is 0 Å². The number of fused-ring (bicyclic) bond motifs is 2. The summed E-state index contributed by atoms with van der Waals surface area (Å²) in [5, 5.41) is 5.91. The maximum atomic E-state index is 11.7. The van der Waals surface area contributed by atoms with Crippen molar-refractivity contribution in [1.82, 2.24) is 24.6 Å². The van der Waals surface area contributed by atoms with E-state index in [1.165, 1.54) is 4.52 Å². The molecule has 0 unspecified atom stereocenters. The van der Waals surface area contributed by atoms with E-state index in [0.717, 1.165) is 27.1 Å². The standard InChI is InChI=1S/C15H11BrN6O2S/c1-25(23,24)15-19-13(17)22-14(20-15)18-12(21-22)10-6-2-5-9-8(10)4-3-7-11(9)16/h2-7H,1H3,(H2,17,18,19,20,21). The van der Waals surface area contributed by atoms with E-state index >= 15 is 0 Å². The van der Waals surface area contributed by atoms with Gasteiger partial charge in [-0.2, -0.15) is 19.5 Å². The van der Waals surface area contributed by atoms with Gasteiger partial charge in [0.2, 0.25) is 15.8 Å². The van der Waals surface area contributed by atoms with Gasteiger partial charge in [-0.05, 0) is 16.8 Å². The highest BCUT2D eigenvalue weighted by atomic mass is 79.9. The number of aromatic nitrogens is 5. The van der Waals surface area contributed by atoms with E-state index in [2.05, 4.69) is 36.0 Å². The number of sulfone groups is 1. The fourth-order valence-corrected chi connectivity index (χ4v) is 3.54. The van der Waals surface area contributed by atoms with Crippen molar-refractivity contribution in [2.75, 3.05) is 12.0 Å². The molecule has 0 aliphatic heterocycles. The second-order valence-electron chi connectivity index (χ2n) is 5.42. The molecule has 0 bridgehead atoms. The Bertz CT molecular complexity index is 1250. The molecule has 0 aliphatic carbocycles. The summed E-state index contributed by atoms with van der Waals surface area (Å²) in [5.74, 6) is 0.371. The molecule has 8 nitrogen and oxygen atoms in total. The van der Waals surface area contributed by atoms with Crippen LogP contribution in [-0.4, -0.2) is 39.2 Å². The third kappa shape index (κ3) is 2.63. The van der Waals surface area contributed by atoms with Gasteiger partial charge < -0.3 is 5.73 Å². The maximum absolute atomic E-state index is 11.7. The first kappa shape index (κ1) is 15.9. The molecular weight excluding hydrogens is 408 g/mol. The topological polar surface area (TPSA) is 116 Å². The van der Waals surface area contributed by atoms with Crippen LogP contribution in [0.4, 0.5) is 5.95 Å². The number of nitrogen functional groups attached to an aromatic ring is 1. The van der Waals surface area contributed by atoms with Crippen molar-refractivity contribution < 1.29 is 8.42 Å². The van der Waals surface area contributed by atoms with Gasteiger partial charge in [-0.25, -0.2) is 8.42 Å². The second kappa shape index (κ2) is 5.46. The van der Waals surface area contributed by atoms with Crippen LogP contribution in [0.5, 0.6) is 0 Å². The third-order valence-corrected chi connectivity index (χ3v) is 5.19. The van der Waals surface area contributed by atoms with Gasteiger partial charge in [-0.15, -0.1) is 5.10 Å². The summed E-state index contributed by atoms with van der Waals surface area (Å²) in [7, 11) is -3.60. The summed E-state index contributed by atoms with van der Waals surface area (Å²) in [6, 6.07) is 11.6. The molecule has 10 heteroatoms. The van der Waals surface area contributed by atoms with Crippen LogP contribution < -0.4 is 5.73 Å². The molecule has 25 heavy (non-hydrogen) atoms. The van der Waals surface area contributed by atoms with Gasteiger partial charge in [0, 0.05) is 16.3 Å². The molecule has 4 rings (SSSR count). The Morgan fingerprint density at radius 3 is 2.52 bits per heavy atom. The van der Waals surface area contributed by atoms with E-state index in [0.29, 0.717) is 5.82 Å². The average molecular weight is 419 g/mol. The van der Waals surface area contributed by atoms with Crippen LogP contribution in [-0.2, 0) is 9.84 Å². The van der Waals surface area contributed by atoms with Crippen LogP contribution >= 0.6 is 15.9 Å². The first-order valence-corrected chi connectivity index (χ1v) is 9.81. The molecule has 0 fully saturated rings. The Morgan fingerprint density at radius 2 is 1.76 bits per heavy atom. The highest BCUT2D eigenvalue weighted by Gasteiger charge is 2.18. The van der Waals surface area contributed by atoms with Gasteiger partial charge >= 0.3 is 0 Å². The molecule has 2 heterocycles. The van der Waals surface area contributed by atoms with Crippen molar-refractivity contribution in [3.8, 4) is 11.4 Å². The number of hydrogen-bond acceptors (Lipinski definition) is 7. The van der Waals surface area contributed by atoms with Crippen molar-refractivity contribution in [2.45, 2.75) is 5.16 Å². The van der Waals surface area contributed by atoms with E-state index in [9.17, 15) is 8.42 Å². The minimum atomic E-state index is -3.60. The van der Waals surface area contributed by atoms with Gasteiger partial charge in [0.1, 0.15) is 0 Å². The number of hydrogen-bond donors (Lipinski definition) is 1. The molecule has 0 saturated heterocycles. The molecule has 0 radical (unpaired) electrons. The number of nitrogens with two attached hydrogens (primary N) is 1. The zero-order valence-electron chi connectivity index (χ0n) is 12.9. The highest BCUT2D eigenvalue weighted by molar-refractivity contribution is 9.10. The number of halogens is 1. The molecule has 0 atom stereocenters. The summed E-state index contributed by atoms with van der Waals surface area (Å²) < 4.78 is 25.5. The fraction of sp³-hybridized carbons (Fsp3) is 0.0667. The SMILES string of the molecule is CS(=O)(=O)c1nc(N)n2nc(-c3cccc4c(Br)cccc34)nc2n1. The highest BCUT2D eigenvalue weighted by Crippen LogP contribution is 2.31. The minimum Gasteiger partial charge on any atom is -0.368 e. The Hall–Kier alpha value is -2.59. The summed E-state index contributed by atoms with van der Waals surface area (Å²) in [4.78, 5) is 12.1. The largest absolute Gasteiger partial charge is 0.368 e. The van der Waals surface area contributed by atoms with Crippen molar-refractivity contribution >= 4 is 48.3 Å². The Balaban J connectivity index is 2.00. The Morgan fingerprint density at radius 1 is 1.04 bits per heavy atom. The van der Waals surface area contributed by atoms with E-state index in [1.54, 1.807) is 0 Å². The van der Waals surface area contributed by atoms with Gasteiger partial charge in [-0.3, -0.25) is 0 Å². The summed E-state index contributed by atoms with van der Waals surface area (Å²) in [6.45, 7) is 0. The third-order valence-electron chi connectivity index (χ3n) is 3.65. The summed E-state index contributed by atoms with van der Waals surface area (Å²) in [6.07, 6.45) is 1.01. The van der Waals surface area contributed by atoms with E-state index in [-0.39, 0.29) is 16.9 Å². The lowest BCUT2D eigenvalue weighted by Crippen LogP contribution is -2.11. The molecule has 126 valence electrons. The normalized spacial score (nSPS) is 12.1. The quantitative estimate of drug-likeness (QED) is 0.529. The van der Waals surface area contributed by atoms with Crippen LogP contribution in [0.15, 0.2) is 46.0 Å². The average Bonchev–Trinajstić information content (AvgIpc) is 2.98. The zero-order valence-corrected chi connectivity index (χ0v) is 15.3. The molecule has 2 aromatic carbocycles. The predicted octanol–water partition coefficient (Wildman–Crippen LogP) is 2.09. The monoisotopic (exact) mass is 418 g/mol. The lowest BCUT2D eigenvalue weighted by atomic mass is 10.0. The van der Waals surface area contributed by atoms with Gasteiger partial charge in [-0.1, -0.05) is 46.3 Å². The second-order valence-corrected chi connectivity index (χ2v) is 8.19. The number of rotatable bonds is 2. The number of anilines is 1. The van der Waals surface area contributed by atoms with Crippen molar-refractivity contribution in [3.63, 3.8) is 0 Å². The lowest BCUT2D eigenvalue weighted by molar-refractivity contribution is 0.592. The minimum absolute atomic E-state index is 0.0786. The van der Waals surface area contributed by atoms with Crippen LogP contribution in [0.2, 0.25) is 0 Å². The first-order chi connectivity index (χ1) is 11.8. The van der Waals surface area contributed by atoms with Crippen LogP contribution in [0.25, 0.3) is 27.9 Å². The van der Waals surface area contributed by atoms with Gasteiger partial charge in [0.15, 0.2) is 5.82 Å². The molecule has 4 aromatic rings. The van der Waals surface area contributed by atoms with E-state index < -0.39 is 9.84 Å². The summed E-state index contributed by atoms with van der Waals surface area (Å²) >= 11 is 3.53. The lowest BCUT2D eigenvalue weighted by Gasteiger charge is -2.04. The van der Waals surface area contributed by atoms with Crippen LogP contribution in [0.1, 0.15) is 0 Å². The van der Waals surface area contributed by atoms with E-state index in [4.69, 9.17) is 5.73 Å².